The smallest absolute Gasteiger partial charge is 0.170 e. The van der Waals surface area contributed by atoms with Gasteiger partial charge in [-0.15, -0.1) is 0 Å². The van der Waals surface area contributed by atoms with E-state index in [-0.39, 0.29) is 11.7 Å². The van der Waals surface area contributed by atoms with Crippen LogP contribution in [0.5, 0.6) is 0 Å². The molecule has 0 aliphatic carbocycles. The molecular formula is C15H15F2N3O. The third-order valence-electron chi connectivity index (χ3n) is 3.05. The van der Waals surface area contributed by atoms with Crippen molar-refractivity contribution >= 4 is 11.5 Å². The van der Waals surface area contributed by atoms with Crippen LogP contribution in [0.4, 0.5) is 14.5 Å². The molecule has 0 radical (unpaired) electrons. The summed E-state index contributed by atoms with van der Waals surface area (Å²) in [6.07, 6.45) is 0. The summed E-state index contributed by atoms with van der Waals surface area (Å²) in [5, 5.41) is 11.5. The van der Waals surface area contributed by atoms with E-state index in [2.05, 4.69) is 5.16 Å². The maximum Gasteiger partial charge on any atom is 0.170 e. The van der Waals surface area contributed by atoms with Crippen molar-refractivity contribution in [3.8, 4) is 0 Å². The Morgan fingerprint density at radius 3 is 2.43 bits per heavy atom. The number of amidine groups is 1. The molecular weight excluding hydrogens is 276 g/mol. The molecule has 21 heavy (non-hydrogen) atoms. The minimum absolute atomic E-state index is 0.153. The third kappa shape index (κ3) is 3.68. The Hall–Kier alpha value is -2.63. The molecule has 0 atom stereocenters. The summed E-state index contributed by atoms with van der Waals surface area (Å²) in [4.78, 5) is 1.84. The molecule has 4 nitrogen and oxygen atoms in total. The van der Waals surface area contributed by atoms with Crippen LogP contribution >= 0.6 is 0 Å². The second kappa shape index (κ2) is 6.21. The van der Waals surface area contributed by atoms with E-state index < -0.39 is 5.82 Å². The minimum Gasteiger partial charge on any atom is -0.409 e. The molecule has 0 spiro atoms. The van der Waals surface area contributed by atoms with Crippen LogP contribution in [-0.2, 0) is 6.54 Å². The molecule has 3 N–H and O–H groups in total. The summed E-state index contributed by atoms with van der Waals surface area (Å²) in [5.41, 5.74) is 7.23. The molecule has 0 aliphatic heterocycles. The lowest BCUT2D eigenvalue weighted by Crippen LogP contribution is -2.18. The summed E-state index contributed by atoms with van der Waals surface area (Å²) in [5.74, 6) is -0.936. The number of nitrogens with two attached hydrogens (primary N) is 1. The fraction of sp³-hybridized carbons (Fsp3) is 0.133. The van der Waals surface area contributed by atoms with E-state index in [4.69, 9.17) is 10.9 Å². The van der Waals surface area contributed by atoms with Crippen molar-refractivity contribution in [1.29, 1.82) is 0 Å². The van der Waals surface area contributed by atoms with E-state index in [0.29, 0.717) is 17.7 Å². The van der Waals surface area contributed by atoms with Crippen LogP contribution in [0.3, 0.4) is 0 Å². The first-order chi connectivity index (χ1) is 9.99. The Morgan fingerprint density at radius 1 is 1.14 bits per heavy atom. The van der Waals surface area contributed by atoms with Gasteiger partial charge in [0.05, 0.1) is 0 Å². The molecule has 0 unspecified atom stereocenters. The van der Waals surface area contributed by atoms with Gasteiger partial charge in [-0.1, -0.05) is 5.16 Å². The van der Waals surface area contributed by atoms with Gasteiger partial charge in [0.2, 0.25) is 0 Å². The molecule has 0 aromatic heterocycles. The summed E-state index contributed by atoms with van der Waals surface area (Å²) in [6.45, 7) is 0.398. The van der Waals surface area contributed by atoms with E-state index >= 15 is 0 Å². The molecule has 0 saturated carbocycles. The fourth-order valence-corrected chi connectivity index (χ4v) is 2.01. The molecule has 0 fully saturated rings. The van der Waals surface area contributed by atoms with Crippen molar-refractivity contribution < 1.29 is 14.0 Å². The predicted octanol–water partition coefficient (Wildman–Crippen LogP) is 2.70. The fourth-order valence-electron chi connectivity index (χ4n) is 2.01. The van der Waals surface area contributed by atoms with E-state index in [0.717, 1.165) is 5.69 Å². The zero-order valence-electron chi connectivity index (χ0n) is 11.4. The molecule has 6 heteroatoms. The Morgan fingerprint density at radius 2 is 1.81 bits per heavy atom. The van der Waals surface area contributed by atoms with Gasteiger partial charge in [0, 0.05) is 24.8 Å². The van der Waals surface area contributed by atoms with Gasteiger partial charge in [-0.25, -0.2) is 8.78 Å². The molecule has 2 rings (SSSR count). The first-order valence-electron chi connectivity index (χ1n) is 6.23. The Balaban J connectivity index is 2.22. The summed E-state index contributed by atoms with van der Waals surface area (Å²) in [6, 6.07) is 10.2. The molecule has 2 aromatic carbocycles. The van der Waals surface area contributed by atoms with Crippen LogP contribution in [0, 0.1) is 11.6 Å². The number of hydrogen-bond acceptors (Lipinski definition) is 3. The summed E-state index contributed by atoms with van der Waals surface area (Å²) in [7, 11) is 1.81. The van der Waals surface area contributed by atoms with Gasteiger partial charge < -0.3 is 15.8 Å². The number of halogens is 2. The van der Waals surface area contributed by atoms with Crippen LogP contribution in [0.15, 0.2) is 47.6 Å². The number of nitrogens with zero attached hydrogens (tertiary/aromatic N) is 2. The third-order valence-corrected chi connectivity index (χ3v) is 3.05. The van der Waals surface area contributed by atoms with Crippen LogP contribution in [0.2, 0.25) is 0 Å². The Labute approximate surface area is 121 Å². The lowest BCUT2D eigenvalue weighted by atomic mass is 10.1. The van der Waals surface area contributed by atoms with Crippen molar-refractivity contribution in [1.82, 2.24) is 0 Å². The second-order valence-electron chi connectivity index (χ2n) is 4.67. The average Bonchev–Trinajstić information content (AvgIpc) is 2.46. The quantitative estimate of drug-likeness (QED) is 0.394. The first kappa shape index (κ1) is 14.8. The van der Waals surface area contributed by atoms with Gasteiger partial charge in [0.15, 0.2) is 5.84 Å². The van der Waals surface area contributed by atoms with E-state index in [1.165, 1.54) is 24.3 Å². The average molecular weight is 291 g/mol. The topological polar surface area (TPSA) is 61.8 Å². The molecule has 0 saturated heterocycles. The zero-order chi connectivity index (χ0) is 15.4. The number of benzene rings is 2. The number of oxime groups is 1. The number of anilines is 1. The second-order valence-corrected chi connectivity index (χ2v) is 4.67. The van der Waals surface area contributed by atoms with Crippen LogP contribution < -0.4 is 10.6 Å². The van der Waals surface area contributed by atoms with Gasteiger partial charge in [0.1, 0.15) is 11.6 Å². The highest BCUT2D eigenvalue weighted by molar-refractivity contribution is 5.97. The zero-order valence-corrected chi connectivity index (χ0v) is 11.4. The van der Waals surface area contributed by atoms with Crippen molar-refractivity contribution in [2.45, 2.75) is 6.54 Å². The summed E-state index contributed by atoms with van der Waals surface area (Å²) >= 11 is 0. The maximum atomic E-state index is 13.6. The molecule has 110 valence electrons. The standard InChI is InChI=1S/C15H15F2N3O/c1-20(14-4-2-12(16)3-5-14)9-10-6-11(15(18)19-21)8-13(17)7-10/h2-8,21H,9H2,1H3,(H2,18,19). The highest BCUT2D eigenvalue weighted by Gasteiger charge is 2.08. The van der Waals surface area contributed by atoms with Crippen molar-refractivity contribution in [3.63, 3.8) is 0 Å². The van der Waals surface area contributed by atoms with Crippen LogP contribution in [0.25, 0.3) is 0 Å². The normalized spacial score (nSPS) is 11.5. The lowest BCUT2D eigenvalue weighted by Gasteiger charge is -2.19. The Bertz CT molecular complexity index is 656. The minimum atomic E-state index is -0.471. The van der Waals surface area contributed by atoms with Crippen LogP contribution in [-0.4, -0.2) is 18.1 Å². The highest BCUT2D eigenvalue weighted by Crippen LogP contribution is 2.17. The van der Waals surface area contributed by atoms with Gasteiger partial charge in [0.25, 0.3) is 0 Å². The SMILES string of the molecule is CN(Cc1cc(F)cc(/C(N)=N/O)c1)c1ccc(F)cc1. The maximum absolute atomic E-state index is 13.6. The van der Waals surface area contributed by atoms with Crippen LogP contribution in [0.1, 0.15) is 11.1 Å². The van der Waals surface area contributed by atoms with E-state index in [9.17, 15) is 8.78 Å². The molecule has 2 aromatic rings. The molecule has 0 amide bonds. The van der Waals surface area contributed by atoms with Crippen molar-refractivity contribution in [2.24, 2.45) is 10.9 Å². The Kier molecular flexibility index (Phi) is 4.37. The van der Waals surface area contributed by atoms with Gasteiger partial charge in [-0.2, -0.15) is 0 Å². The monoisotopic (exact) mass is 291 g/mol. The van der Waals surface area contributed by atoms with Gasteiger partial charge in [-0.3, -0.25) is 0 Å². The largest absolute Gasteiger partial charge is 0.409 e. The van der Waals surface area contributed by atoms with Crippen molar-refractivity contribution in [3.05, 3.63) is 65.2 Å². The van der Waals surface area contributed by atoms with Gasteiger partial charge in [-0.05, 0) is 48.0 Å². The molecule has 0 bridgehead atoms. The number of rotatable bonds is 4. The molecule has 0 heterocycles. The van der Waals surface area contributed by atoms with E-state index in [1.54, 1.807) is 25.2 Å². The predicted molar refractivity (Wildman–Crippen MR) is 77.4 cm³/mol. The highest BCUT2D eigenvalue weighted by atomic mass is 19.1. The number of hydrogen-bond donors (Lipinski definition) is 2. The first-order valence-corrected chi connectivity index (χ1v) is 6.23. The van der Waals surface area contributed by atoms with Gasteiger partial charge >= 0.3 is 0 Å². The van der Waals surface area contributed by atoms with E-state index in [1.807, 2.05) is 4.90 Å². The summed E-state index contributed by atoms with van der Waals surface area (Å²) < 4.78 is 26.5. The van der Waals surface area contributed by atoms with Crippen molar-refractivity contribution in [2.75, 3.05) is 11.9 Å². The lowest BCUT2D eigenvalue weighted by molar-refractivity contribution is 0.318. The molecule has 0 aliphatic rings.